The highest BCUT2D eigenvalue weighted by Gasteiger charge is 2.24. The molecule has 1 N–H and O–H groups in total. The van der Waals surface area contributed by atoms with Crippen molar-refractivity contribution < 1.29 is 9.90 Å². The molecule has 0 radical (unpaired) electrons. The van der Waals surface area contributed by atoms with E-state index >= 15 is 0 Å². The SMILES string of the molecule is O=C(C=Cc1c(Cl)cccc1Cl)N(CCO)C1CCCC1. The Balaban J connectivity index is 2.12. The van der Waals surface area contributed by atoms with E-state index in [4.69, 9.17) is 28.3 Å². The summed E-state index contributed by atoms with van der Waals surface area (Å²) in [5.74, 6) is -0.105. The lowest BCUT2D eigenvalue weighted by atomic mass is 10.1. The maximum absolute atomic E-state index is 12.4. The monoisotopic (exact) mass is 327 g/mol. The lowest BCUT2D eigenvalue weighted by Crippen LogP contribution is -2.39. The van der Waals surface area contributed by atoms with Gasteiger partial charge < -0.3 is 10.0 Å². The van der Waals surface area contributed by atoms with Gasteiger partial charge in [0.15, 0.2) is 0 Å². The molecule has 1 amide bonds. The molecular formula is C16H19Cl2NO2. The zero-order valence-corrected chi connectivity index (χ0v) is 13.3. The van der Waals surface area contributed by atoms with Crippen LogP contribution < -0.4 is 0 Å². The fourth-order valence-corrected chi connectivity index (χ4v) is 3.24. The van der Waals surface area contributed by atoms with Crippen molar-refractivity contribution in [3.8, 4) is 0 Å². The van der Waals surface area contributed by atoms with Crippen LogP contribution in [0.4, 0.5) is 0 Å². The summed E-state index contributed by atoms with van der Waals surface area (Å²) in [7, 11) is 0. The van der Waals surface area contributed by atoms with E-state index in [9.17, 15) is 4.79 Å². The van der Waals surface area contributed by atoms with Crippen molar-refractivity contribution in [2.24, 2.45) is 0 Å². The van der Waals surface area contributed by atoms with Crippen LogP contribution in [0.25, 0.3) is 6.08 Å². The lowest BCUT2D eigenvalue weighted by Gasteiger charge is -2.27. The van der Waals surface area contributed by atoms with Crippen LogP contribution in [0.15, 0.2) is 24.3 Å². The van der Waals surface area contributed by atoms with Crippen LogP contribution in [-0.4, -0.2) is 35.1 Å². The molecule has 0 aliphatic heterocycles. The second-order valence-electron chi connectivity index (χ2n) is 5.16. The Bertz CT molecular complexity index is 505. The average Bonchev–Trinajstić information content (AvgIpc) is 2.97. The maximum Gasteiger partial charge on any atom is 0.246 e. The maximum atomic E-state index is 12.4. The molecule has 0 saturated heterocycles. The third-order valence-electron chi connectivity index (χ3n) is 3.78. The van der Waals surface area contributed by atoms with Gasteiger partial charge in [0.05, 0.1) is 6.61 Å². The number of hydrogen-bond donors (Lipinski definition) is 1. The van der Waals surface area contributed by atoms with Crippen LogP contribution in [-0.2, 0) is 4.79 Å². The standard InChI is InChI=1S/C16H19Cl2NO2/c17-14-6-3-7-15(18)13(14)8-9-16(21)19(10-11-20)12-4-1-2-5-12/h3,6-9,12,20H,1-2,4-5,10-11H2. The van der Waals surface area contributed by atoms with Crippen molar-refractivity contribution in [3.63, 3.8) is 0 Å². The van der Waals surface area contributed by atoms with Crippen molar-refractivity contribution in [1.29, 1.82) is 0 Å². The predicted molar refractivity (Wildman–Crippen MR) is 86.6 cm³/mol. The second-order valence-corrected chi connectivity index (χ2v) is 5.98. The molecule has 5 heteroatoms. The Morgan fingerprint density at radius 1 is 1.29 bits per heavy atom. The number of nitrogens with zero attached hydrogens (tertiary/aromatic N) is 1. The van der Waals surface area contributed by atoms with Crippen LogP contribution in [0.5, 0.6) is 0 Å². The van der Waals surface area contributed by atoms with Gasteiger partial charge in [0.1, 0.15) is 0 Å². The van der Waals surface area contributed by atoms with E-state index in [1.54, 1.807) is 29.2 Å². The molecule has 114 valence electrons. The zero-order valence-electron chi connectivity index (χ0n) is 11.8. The zero-order chi connectivity index (χ0) is 15.2. The average molecular weight is 328 g/mol. The minimum Gasteiger partial charge on any atom is -0.395 e. The minimum atomic E-state index is -0.105. The van der Waals surface area contributed by atoms with Gasteiger partial charge in [-0.2, -0.15) is 0 Å². The first-order chi connectivity index (χ1) is 10.1. The van der Waals surface area contributed by atoms with Gasteiger partial charge in [-0.3, -0.25) is 4.79 Å². The van der Waals surface area contributed by atoms with Gasteiger partial charge in [-0.05, 0) is 31.1 Å². The summed E-state index contributed by atoms with van der Waals surface area (Å²) >= 11 is 12.2. The van der Waals surface area contributed by atoms with E-state index in [0.29, 0.717) is 22.2 Å². The highest BCUT2D eigenvalue weighted by atomic mass is 35.5. The van der Waals surface area contributed by atoms with Crippen molar-refractivity contribution in [3.05, 3.63) is 39.9 Å². The molecule has 0 spiro atoms. The molecule has 1 fully saturated rings. The largest absolute Gasteiger partial charge is 0.395 e. The summed E-state index contributed by atoms with van der Waals surface area (Å²) < 4.78 is 0. The fraction of sp³-hybridized carbons (Fsp3) is 0.438. The van der Waals surface area contributed by atoms with E-state index in [2.05, 4.69) is 0 Å². The Labute approximate surface area is 135 Å². The number of carbonyl (C=O) groups is 1. The molecule has 1 aromatic carbocycles. The van der Waals surface area contributed by atoms with Crippen LogP contribution >= 0.6 is 23.2 Å². The summed E-state index contributed by atoms with van der Waals surface area (Å²) in [5, 5.41) is 10.2. The van der Waals surface area contributed by atoms with Crippen molar-refractivity contribution >= 4 is 35.2 Å². The first-order valence-electron chi connectivity index (χ1n) is 7.17. The predicted octanol–water partition coefficient (Wildman–Crippen LogP) is 3.77. The van der Waals surface area contributed by atoms with Gasteiger partial charge in [0.2, 0.25) is 5.91 Å². The quantitative estimate of drug-likeness (QED) is 0.836. The number of aliphatic hydroxyl groups excluding tert-OH is 1. The number of carbonyl (C=O) groups excluding carboxylic acids is 1. The molecule has 1 aliphatic carbocycles. The number of halogens is 2. The van der Waals surface area contributed by atoms with Crippen LogP contribution in [0.3, 0.4) is 0 Å². The van der Waals surface area contributed by atoms with Crippen molar-refractivity contribution in [2.75, 3.05) is 13.2 Å². The summed E-state index contributed by atoms with van der Waals surface area (Å²) in [5.41, 5.74) is 0.643. The summed E-state index contributed by atoms with van der Waals surface area (Å²) in [6, 6.07) is 5.47. The Morgan fingerprint density at radius 3 is 2.48 bits per heavy atom. The Kier molecular flexibility index (Phi) is 6.09. The van der Waals surface area contributed by atoms with Gasteiger partial charge in [0, 0.05) is 34.3 Å². The van der Waals surface area contributed by atoms with Crippen LogP contribution in [0.1, 0.15) is 31.2 Å². The number of aliphatic hydroxyl groups is 1. The molecule has 0 aromatic heterocycles. The number of hydrogen-bond acceptors (Lipinski definition) is 2. The van der Waals surface area contributed by atoms with Crippen molar-refractivity contribution in [1.82, 2.24) is 4.90 Å². The highest BCUT2D eigenvalue weighted by Crippen LogP contribution is 2.26. The van der Waals surface area contributed by atoms with Gasteiger partial charge in [0.25, 0.3) is 0 Å². The molecule has 1 aromatic rings. The molecular weight excluding hydrogens is 309 g/mol. The molecule has 21 heavy (non-hydrogen) atoms. The van der Waals surface area contributed by atoms with Crippen LogP contribution in [0, 0.1) is 0 Å². The molecule has 2 rings (SSSR count). The smallest absolute Gasteiger partial charge is 0.246 e. The molecule has 0 bridgehead atoms. The molecule has 3 nitrogen and oxygen atoms in total. The third-order valence-corrected chi connectivity index (χ3v) is 4.44. The normalized spacial score (nSPS) is 15.8. The summed E-state index contributed by atoms with van der Waals surface area (Å²) in [6.07, 6.45) is 7.42. The van der Waals surface area contributed by atoms with Gasteiger partial charge in [-0.1, -0.05) is 42.1 Å². The molecule has 0 atom stereocenters. The van der Waals surface area contributed by atoms with Gasteiger partial charge in [-0.25, -0.2) is 0 Å². The molecule has 0 unspecified atom stereocenters. The van der Waals surface area contributed by atoms with Crippen LogP contribution in [0.2, 0.25) is 10.0 Å². The fourth-order valence-electron chi connectivity index (χ4n) is 2.72. The van der Waals surface area contributed by atoms with E-state index in [-0.39, 0.29) is 18.6 Å². The minimum absolute atomic E-state index is 0.0249. The third kappa shape index (κ3) is 4.22. The van der Waals surface area contributed by atoms with E-state index in [1.807, 2.05) is 0 Å². The second kappa shape index (κ2) is 7.83. The highest BCUT2D eigenvalue weighted by molar-refractivity contribution is 6.37. The number of amides is 1. The molecule has 1 aliphatic rings. The van der Waals surface area contributed by atoms with E-state index in [1.165, 1.54) is 6.08 Å². The number of benzene rings is 1. The first-order valence-corrected chi connectivity index (χ1v) is 7.92. The summed E-state index contributed by atoms with van der Waals surface area (Å²) in [4.78, 5) is 14.1. The lowest BCUT2D eigenvalue weighted by molar-refractivity contribution is -0.128. The number of rotatable bonds is 5. The van der Waals surface area contributed by atoms with Gasteiger partial charge in [-0.15, -0.1) is 0 Å². The van der Waals surface area contributed by atoms with Crippen molar-refractivity contribution in [2.45, 2.75) is 31.7 Å². The van der Waals surface area contributed by atoms with E-state index in [0.717, 1.165) is 25.7 Å². The molecule has 0 heterocycles. The molecule has 1 saturated carbocycles. The summed E-state index contributed by atoms with van der Waals surface area (Å²) in [6.45, 7) is 0.340. The van der Waals surface area contributed by atoms with Gasteiger partial charge >= 0.3 is 0 Å². The Hall–Kier alpha value is -1.03. The first kappa shape index (κ1) is 16.3. The van der Waals surface area contributed by atoms with E-state index < -0.39 is 0 Å². The Morgan fingerprint density at radius 2 is 1.90 bits per heavy atom. The topological polar surface area (TPSA) is 40.5 Å².